The molecule has 0 radical (unpaired) electrons. The number of halogens is 1. The molecule has 3 aromatic carbocycles. The van der Waals surface area contributed by atoms with Crippen molar-refractivity contribution in [1.29, 1.82) is 0 Å². The van der Waals surface area contributed by atoms with Crippen molar-refractivity contribution in [3.63, 3.8) is 0 Å². The predicted molar refractivity (Wildman–Crippen MR) is 117 cm³/mol. The van der Waals surface area contributed by atoms with E-state index in [1.54, 1.807) is 5.32 Å². The fourth-order valence-electron chi connectivity index (χ4n) is 2.13. The summed E-state index contributed by atoms with van der Waals surface area (Å²) in [6, 6.07) is -1.55. The number of carboxylic acid groups (broad SMARTS) is 1. The van der Waals surface area contributed by atoms with Crippen molar-refractivity contribution in [2.24, 2.45) is 0 Å². The zero-order valence-electron chi connectivity index (χ0n) is 28.6. The minimum Gasteiger partial charge on any atom is -0.478 e. The molecular weight excluding hydrogens is 388 g/mol. The number of anilines is 1. The molecule has 150 valence electrons. The van der Waals surface area contributed by atoms with Gasteiger partial charge >= 0.3 is 5.97 Å². The molecule has 3 rings (SSSR count). The van der Waals surface area contributed by atoms with Crippen molar-refractivity contribution in [2.75, 3.05) is 24.8 Å². The monoisotopic (exact) mass is 424 g/mol. The first-order valence-electron chi connectivity index (χ1n) is 15.0. The third-order valence-electron chi connectivity index (χ3n) is 3.43. The van der Waals surface area contributed by atoms with Crippen molar-refractivity contribution in [2.45, 2.75) is 6.10 Å². The Morgan fingerprint density at radius 2 is 1.97 bits per heavy atom. The number of carboxylic acids is 1. The Labute approximate surface area is 194 Å². The van der Waals surface area contributed by atoms with E-state index in [4.69, 9.17) is 30.8 Å². The van der Waals surface area contributed by atoms with Crippen molar-refractivity contribution in [1.82, 2.24) is 5.32 Å². The lowest BCUT2D eigenvalue weighted by Gasteiger charge is -2.13. The number of nitrogens with one attached hydrogen (secondary N) is 2. The lowest BCUT2D eigenvalue weighted by Crippen LogP contribution is -2.26. The molecule has 0 unspecified atom stereocenters. The highest BCUT2D eigenvalue weighted by Crippen LogP contribution is 2.23. The van der Waals surface area contributed by atoms with Crippen LogP contribution in [0.3, 0.4) is 0 Å². The molecule has 0 fully saturated rings. The summed E-state index contributed by atoms with van der Waals surface area (Å²) in [4.78, 5) is 11.4. The molecule has 0 spiro atoms. The predicted octanol–water partition coefficient (Wildman–Crippen LogP) is 4.44. The van der Waals surface area contributed by atoms with Gasteiger partial charge in [0.25, 0.3) is 0 Å². The van der Waals surface area contributed by atoms with Crippen LogP contribution in [0.5, 0.6) is 0 Å². The average molecular weight is 425 g/mol. The summed E-state index contributed by atoms with van der Waals surface area (Å²) < 4.78 is 114. The normalized spacial score (nSPS) is 20.2. The fraction of sp³-hybridized carbons (Fsp3) is 0.174. The standard InChI is InChI=1S/C23H23ClN2O3/c24-20-8-2-6-18(13-20)22(27)15-25-10-11-26-21-9-3-5-17(14-21)16-4-1-7-19(12-16)23(28)29/h1-9,12-14,22,25-27H,10-11,15H2,(H,28,29)/t22-/m0/s1/i2D,3D,5D,6D,8D,9D,10D2,11D2,13D,14D,15D2. The zero-order valence-corrected chi connectivity index (χ0v) is 15.3. The van der Waals surface area contributed by atoms with Crippen LogP contribution in [0.1, 0.15) is 41.2 Å². The van der Waals surface area contributed by atoms with Gasteiger partial charge < -0.3 is 20.8 Å². The summed E-state index contributed by atoms with van der Waals surface area (Å²) >= 11 is 5.82. The number of hydrogen-bond donors (Lipinski definition) is 4. The number of carbonyl (C=O) groups is 1. The zero-order chi connectivity index (χ0) is 33.0. The highest BCUT2D eigenvalue weighted by atomic mass is 35.5. The first-order valence-corrected chi connectivity index (χ1v) is 8.40. The second-order valence-electron chi connectivity index (χ2n) is 5.41. The van der Waals surface area contributed by atoms with Gasteiger partial charge in [-0.05, 0) is 53.0 Å². The van der Waals surface area contributed by atoms with Gasteiger partial charge in [-0.3, -0.25) is 0 Å². The van der Waals surface area contributed by atoms with E-state index in [0.717, 1.165) is 6.07 Å². The highest BCUT2D eigenvalue weighted by Gasteiger charge is 2.07. The van der Waals surface area contributed by atoms with E-state index in [-0.39, 0.29) is 16.7 Å². The van der Waals surface area contributed by atoms with Gasteiger partial charge in [0, 0.05) is 35.7 Å². The van der Waals surface area contributed by atoms with Gasteiger partial charge in [0.15, 0.2) is 0 Å². The minimum absolute atomic E-state index is 0.0314. The van der Waals surface area contributed by atoms with Crippen LogP contribution in [0.25, 0.3) is 11.1 Å². The van der Waals surface area contributed by atoms with Crippen LogP contribution in [-0.4, -0.2) is 35.7 Å². The van der Waals surface area contributed by atoms with E-state index in [2.05, 4.69) is 0 Å². The van der Waals surface area contributed by atoms with Crippen molar-refractivity contribution in [3.05, 3.63) is 88.8 Å². The van der Waals surface area contributed by atoms with Gasteiger partial charge in [-0.2, -0.15) is 0 Å². The second-order valence-corrected chi connectivity index (χ2v) is 5.79. The van der Waals surface area contributed by atoms with Crippen LogP contribution >= 0.6 is 11.6 Å². The topological polar surface area (TPSA) is 81.6 Å². The lowest BCUT2D eigenvalue weighted by atomic mass is 10.0. The molecule has 29 heavy (non-hydrogen) atoms. The maximum atomic E-state index is 11.4. The Morgan fingerprint density at radius 3 is 2.79 bits per heavy atom. The number of aliphatic hydroxyl groups excluding tert-OH is 1. The van der Waals surface area contributed by atoms with Gasteiger partial charge in [-0.1, -0.05) is 47.9 Å². The third-order valence-corrected chi connectivity index (χ3v) is 3.62. The highest BCUT2D eigenvalue weighted by molar-refractivity contribution is 6.30. The molecule has 3 aromatic rings. The molecule has 4 N–H and O–H groups in total. The quantitative estimate of drug-likeness (QED) is 0.408. The SMILES string of the molecule is [2H]c1c([2H])c(NC([2H])([2H])C([2H])([2H])NC([2H])([2H])[C@H](O)c2c([2H])c([2H])c([2H])c(Cl)c2[2H])c([2H])c(-c2cccc(C(=O)O)c2)c1[2H]. The molecule has 1 atom stereocenters. The molecule has 0 saturated carbocycles. The minimum atomic E-state index is -3.52. The fourth-order valence-corrected chi connectivity index (χ4v) is 2.28. The van der Waals surface area contributed by atoms with E-state index in [1.807, 2.05) is 5.32 Å². The summed E-state index contributed by atoms with van der Waals surface area (Å²) in [7, 11) is 0. The molecule has 0 aliphatic heterocycles. The van der Waals surface area contributed by atoms with Gasteiger partial charge in [-0.15, -0.1) is 0 Å². The Balaban J connectivity index is 2.06. The van der Waals surface area contributed by atoms with Crippen molar-refractivity contribution >= 4 is 23.3 Å². The smallest absolute Gasteiger partial charge is 0.335 e. The largest absolute Gasteiger partial charge is 0.478 e. The number of rotatable bonds is 9. The van der Waals surface area contributed by atoms with Gasteiger partial charge in [0.05, 0.1) is 25.4 Å². The van der Waals surface area contributed by atoms with E-state index in [0.29, 0.717) is 0 Å². The Bertz CT molecular complexity index is 1590. The first kappa shape index (κ1) is 9.30. The van der Waals surface area contributed by atoms with Crippen LogP contribution in [0.15, 0.2) is 72.6 Å². The Kier molecular flexibility index (Phi) is 3.23. The van der Waals surface area contributed by atoms with Crippen LogP contribution in [-0.2, 0) is 0 Å². The molecule has 0 aliphatic carbocycles. The van der Waals surface area contributed by atoms with Gasteiger partial charge in [0.1, 0.15) is 0 Å². The molecule has 5 nitrogen and oxygen atoms in total. The summed E-state index contributed by atoms with van der Waals surface area (Å²) in [5.74, 6) is -1.33. The summed E-state index contributed by atoms with van der Waals surface area (Å²) in [6.07, 6.45) is -2.57. The second kappa shape index (κ2) is 10.1. The first-order chi connectivity index (χ1) is 19.6. The number of aliphatic hydroxyl groups is 1. The summed E-state index contributed by atoms with van der Waals surface area (Å²) in [6.45, 7) is -10.3. The molecule has 0 aliphatic rings. The van der Waals surface area contributed by atoms with Crippen LogP contribution in [0, 0.1) is 0 Å². The van der Waals surface area contributed by atoms with Gasteiger partial charge in [-0.25, -0.2) is 4.79 Å². The summed E-state index contributed by atoms with van der Waals surface area (Å²) in [5, 5.41) is 22.9. The molecule has 0 bridgehead atoms. The average Bonchev–Trinajstić information content (AvgIpc) is 2.91. The summed E-state index contributed by atoms with van der Waals surface area (Å²) in [5.41, 5.74) is -2.28. The van der Waals surface area contributed by atoms with Crippen LogP contribution < -0.4 is 10.6 Å². The molecule has 0 heterocycles. The Hall–Kier alpha value is -2.86. The van der Waals surface area contributed by atoms with Crippen LogP contribution in [0.4, 0.5) is 5.69 Å². The van der Waals surface area contributed by atoms with E-state index >= 15 is 0 Å². The maximum Gasteiger partial charge on any atom is 0.335 e. The molecule has 0 saturated heterocycles. The molecule has 0 amide bonds. The maximum absolute atomic E-state index is 11.4. The molecule has 0 aromatic heterocycles. The van der Waals surface area contributed by atoms with Crippen molar-refractivity contribution in [3.8, 4) is 11.1 Å². The van der Waals surface area contributed by atoms with E-state index in [9.17, 15) is 15.0 Å². The Morgan fingerprint density at radius 1 is 1.14 bits per heavy atom. The van der Waals surface area contributed by atoms with Crippen molar-refractivity contribution < 1.29 is 34.2 Å². The molecule has 6 heteroatoms. The van der Waals surface area contributed by atoms with E-state index in [1.165, 1.54) is 18.2 Å². The van der Waals surface area contributed by atoms with E-state index < -0.39 is 96.2 Å². The molecular formula is C23H23ClN2O3. The number of benzene rings is 3. The lowest BCUT2D eigenvalue weighted by molar-refractivity contribution is 0.0697. The number of aromatic carboxylic acids is 1. The third kappa shape index (κ3) is 6.06. The van der Waals surface area contributed by atoms with Crippen LogP contribution in [0.2, 0.25) is 5.02 Å². The van der Waals surface area contributed by atoms with Gasteiger partial charge in [0.2, 0.25) is 0 Å². The number of hydrogen-bond acceptors (Lipinski definition) is 4.